The van der Waals surface area contributed by atoms with Crippen molar-refractivity contribution in [3.63, 3.8) is 0 Å². The number of amides is 1. The van der Waals surface area contributed by atoms with Gasteiger partial charge in [0, 0.05) is 19.0 Å². The number of benzene rings is 2. The van der Waals surface area contributed by atoms with Crippen molar-refractivity contribution in [3.8, 4) is 5.75 Å². The lowest BCUT2D eigenvalue weighted by atomic mass is 10.2. The number of nitrogens with one attached hydrogen (secondary N) is 1. The van der Waals surface area contributed by atoms with E-state index in [1.807, 2.05) is 41.8 Å². The maximum atomic E-state index is 13.3. The zero-order valence-electron chi connectivity index (χ0n) is 19.2. The van der Waals surface area contributed by atoms with Gasteiger partial charge in [0.2, 0.25) is 5.91 Å². The number of thiazole rings is 1. The third kappa shape index (κ3) is 5.30. The molecule has 0 atom stereocenters. The Morgan fingerprint density at radius 2 is 1.97 bits per heavy atom. The minimum Gasteiger partial charge on any atom is -0.494 e. The van der Waals surface area contributed by atoms with Crippen LogP contribution >= 0.6 is 11.3 Å². The Morgan fingerprint density at radius 3 is 2.80 bits per heavy atom. The summed E-state index contributed by atoms with van der Waals surface area (Å²) in [6, 6.07) is 15.9. The number of anilines is 1. The van der Waals surface area contributed by atoms with E-state index >= 15 is 0 Å². The smallest absolute Gasteiger partial charge is 0.226 e. The van der Waals surface area contributed by atoms with Gasteiger partial charge in [-0.25, -0.2) is 19.3 Å². The van der Waals surface area contributed by atoms with Gasteiger partial charge in [0.1, 0.15) is 22.9 Å². The number of halogens is 1. The van der Waals surface area contributed by atoms with Crippen LogP contribution in [0.15, 0.2) is 60.8 Å². The first-order valence-electron chi connectivity index (χ1n) is 11.5. The van der Waals surface area contributed by atoms with E-state index in [1.54, 1.807) is 18.3 Å². The third-order valence-electron chi connectivity index (χ3n) is 5.56. The maximum absolute atomic E-state index is 13.3. The van der Waals surface area contributed by atoms with Crippen molar-refractivity contribution in [1.82, 2.24) is 19.5 Å². The van der Waals surface area contributed by atoms with Crippen LogP contribution in [0.2, 0.25) is 0 Å². The molecule has 0 spiro atoms. The number of imidazole rings is 1. The predicted octanol–water partition coefficient (Wildman–Crippen LogP) is 5.59. The molecular formula is C26H24FN5O2S. The zero-order valence-corrected chi connectivity index (χ0v) is 20.0. The molecule has 0 aliphatic rings. The second-order valence-electron chi connectivity index (χ2n) is 8.07. The highest BCUT2D eigenvalue weighted by Crippen LogP contribution is 2.29. The largest absolute Gasteiger partial charge is 0.494 e. The van der Waals surface area contributed by atoms with Crippen LogP contribution in [0.1, 0.15) is 31.2 Å². The van der Waals surface area contributed by atoms with E-state index in [9.17, 15) is 9.18 Å². The number of ether oxygens (including phenoxy) is 1. The average Bonchev–Trinajstić information content (AvgIpc) is 3.41. The molecule has 0 unspecified atom stereocenters. The fraction of sp³-hybridized carbons (Fsp3) is 0.231. The molecule has 0 saturated heterocycles. The molecule has 0 aliphatic heterocycles. The summed E-state index contributed by atoms with van der Waals surface area (Å²) >= 11 is 1.43. The molecule has 3 heterocycles. The monoisotopic (exact) mass is 489 g/mol. The van der Waals surface area contributed by atoms with E-state index in [-0.39, 0.29) is 11.7 Å². The van der Waals surface area contributed by atoms with Crippen molar-refractivity contribution in [2.45, 2.75) is 32.7 Å². The summed E-state index contributed by atoms with van der Waals surface area (Å²) < 4.78 is 21.9. The molecule has 9 heteroatoms. The quantitative estimate of drug-likeness (QED) is 0.292. The molecule has 35 heavy (non-hydrogen) atoms. The lowest BCUT2D eigenvalue weighted by Crippen LogP contribution is -2.12. The van der Waals surface area contributed by atoms with Gasteiger partial charge in [-0.05, 0) is 61.4 Å². The first-order chi connectivity index (χ1) is 17.1. The van der Waals surface area contributed by atoms with Gasteiger partial charge in [-0.15, -0.1) is 0 Å². The van der Waals surface area contributed by atoms with E-state index in [0.717, 1.165) is 38.5 Å². The predicted molar refractivity (Wildman–Crippen MR) is 135 cm³/mol. The molecule has 1 N–H and O–H groups in total. The van der Waals surface area contributed by atoms with Crippen LogP contribution in [0.3, 0.4) is 0 Å². The standard InChI is InChI=1S/C26H24FN5O2S/c1-2-34-19-12-13-20-22(15-19)35-26(30-20)31-24(33)7-3-6-23-29-21-5-4-14-28-25(21)32(23)16-17-8-10-18(27)11-9-17/h4-5,8-15H,2-3,6-7,16H2,1H3,(H,30,31,33). The van der Waals surface area contributed by atoms with Gasteiger partial charge in [0.05, 0.1) is 23.4 Å². The van der Waals surface area contributed by atoms with E-state index in [0.29, 0.717) is 37.5 Å². The number of nitrogens with zero attached hydrogens (tertiary/aromatic N) is 4. The number of aromatic nitrogens is 4. The van der Waals surface area contributed by atoms with Gasteiger partial charge < -0.3 is 14.6 Å². The lowest BCUT2D eigenvalue weighted by molar-refractivity contribution is -0.116. The topological polar surface area (TPSA) is 81.9 Å². The minimum absolute atomic E-state index is 0.0894. The van der Waals surface area contributed by atoms with Crippen molar-refractivity contribution < 1.29 is 13.9 Å². The normalized spacial score (nSPS) is 11.3. The second kappa shape index (κ2) is 10.2. The van der Waals surface area contributed by atoms with Crippen LogP contribution in [0.4, 0.5) is 9.52 Å². The SMILES string of the molecule is CCOc1ccc2nc(NC(=O)CCCc3nc4cccnc4n3Cc3ccc(F)cc3)sc2c1. The Hall–Kier alpha value is -3.85. The molecule has 178 valence electrons. The van der Waals surface area contributed by atoms with E-state index < -0.39 is 0 Å². The first-order valence-corrected chi connectivity index (χ1v) is 12.3. The van der Waals surface area contributed by atoms with Crippen LogP contribution in [0.25, 0.3) is 21.4 Å². The molecule has 1 amide bonds. The van der Waals surface area contributed by atoms with Crippen LogP contribution in [0.5, 0.6) is 5.75 Å². The molecule has 5 rings (SSSR count). The summed E-state index contributed by atoms with van der Waals surface area (Å²) in [6.45, 7) is 3.07. The average molecular weight is 490 g/mol. The Balaban J connectivity index is 1.24. The molecule has 0 saturated carbocycles. The lowest BCUT2D eigenvalue weighted by Gasteiger charge is -2.09. The molecule has 0 fully saturated rings. The molecule has 0 bridgehead atoms. The number of hydrogen-bond donors (Lipinski definition) is 1. The number of rotatable bonds is 9. The Bertz CT molecular complexity index is 1480. The summed E-state index contributed by atoms with van der Waals surface area (Å²) in [6.07, 6.45) is 3.31. The third-order valence-corrected chi connectivity index (χ3v) is 6.49. The number of aryl methyl sites for hydroxylation is 1. The fourth-order valence-corrected chi connectivity index (χ4v) is 4.85. The molecule has 0 radical (unpaired) electrons. The van der Waals surface area contributed by atoms with Gasteiger partial charge >= 0.3 is 0 Å². The molecule has 0 aliphatic carbocycles. The number of hydrogen-bond acceptors (Lipinski definition) is 6. The van der Waals surface area contributed by atoms with Crippen LogP contribution in [-0.4, -0.2) is 32.0 Å². The van der Waals surface area contributed by atoms with E-state index in [2.05, 4.69) is 15.3 Å². The molecule has 7 nitrogen and oxygen atoms in total. The Labute approximate surface area is 205 Å². The van der Waals surface area contributed by atoms with Crippen molar-refractivity contribution in [1.29, 1.82) is 0 Å². The Morgan fingerprint density at radius 1 is 1.11 bits per heavy atom. The van der Waals surface area contributed by atoms with E-state index in [1.165, 1.54) is 23.5 Å². The number of pyridine rings is 1. The van der Waals surface area contributed by atoms with Gasteiger partial charge in [0.25, 0.3) is 0 Å². The molecular weight excluding hydrogens is 465 g/mol. The van der Waals surface area contributed by atoms with Crippen LogP contribution < -0.4 is 10.1 Å². The molecule has 5 aromatic rings. The summed E-state index contributed by atoms with van der Waals surface area (Å²) in [4.78, 5) is 26.3. The highest BCUT2D eigenvalue weighted by Gasteiger charge is 2.14. The van der Waals surface area contributed by atoms with Gasteiger partial charge in [-0.1, -0.05) is 23.5 Å². The van der Waals surface area contributed by atoms with Gasteiger partial charge in [-0.3, -0.25) is 4.79 Å². The molecule has 3 aromatic heterocycles. The number of carbonyl (C=O) groups excluding carboxylic acids is 1. The highest BCUT2D eigenvalue weighted by molar-refractivity contribution is 7.22. The number of fused-ring (bicyclic) bond motifs is 2. The van der Waals surface area contributed by atoms with Crippen molar-refractivity contribution in [3.05, 3.63) is 78.0 Å². The Kier molecular flexibility index (Phi) is 6.67. The second-order valence-corrected chi connectivity index (χ2v) is 9.10. The van der Waals surface area contributed by atoms with Crippen molar-refractivity contribution >= 4 is 43.8 Å². The summed E-state index contributed by atoms with van der Waals surface area (Å²) in [5.41, 5.74) is 3.36. The van der Waals surface area contributed by atoms with E-state index in [4.69, 9.17) is 9.72 Å². The summed E-state index contributed by atoms with van der Waals surface area (Å²) in [5.74, 6) is 1.28. The van der Waals surface area contributed by atoms with Crippen LogP contribution in [-0.2, 0) is 17.8 Å². The highest BCUT2D eigenvalue weighted by atomic mass is 32.1. The van der Waals surface area contributed by atoms with Crippen molar-refractivity contribution in [2.24, 2.45) is 0 Å². The van der Waals surface area contributed by atoms with Crippen LogP contribution in [0, 0.1) is 5.82 Å². The maximum Gasteiger partial charge on any atom is 0.226 e. The fourth-order valence-electron chi connectivity index (χ4n) is 3.94. The first kappa shape index (κ1) is 22.9. The summed E-state index contributed by atoms with van der Waals surface area (Å²) in [5, 5.41) is 3.48. The van der Waals surface area contributed by atoms with Gasteiger partial charge in [0.15, 0.2) is 10.8 Å². The summed E-state index contributed by atoms with van der Waals surface area (Å²) in [7, 11) is 0. The van der Waals surface area contributed by atoms with Gasteiger partial charge in [-0.2, -0.15) is 0 Å². The minimum atomic E-state index is -0.267. The van der Waals surface area contributed by atoms with Crippen molar-refractivity contribution in [2.75, 3.05) is 11.9 Å². The zero-order chi connectivity index (χ0) is 24.2. The number of carbonyl (C=O) groups is 1. The molecule has 2 aromatic carbocycles.